The van der Waals surface area contributed by atoms with Crippen LogP contribution < -0.4 is 4.74 Å². The number of rotatable bonds is 10. The smallest absolute Gasteiger partial charge is 0.308 e. The van der Waals surface area contributed by atoms with E-state index in [0.29, 0.717) is 23.4 Å². The molecule has 4 rings (SSSR count). The van der Waals surface area contributed by atoms with Crippen LogP contribution in [0.1, 0.15) is 80.8 Å². The second-order valence-electron chi connectivity index (χ2n) is 10.8. The summed E-state index contributed by atoms with van der Waals surface area (Å²) in [7, 11) is 0. The summed E-state index contributed by atoms with van der Waals surface area (Å²) >= 11 is 0. The van der Waals surface area contributed by atoms with Gasteiger partial charge in [-0.3, -0.25) is 14.5 Å². The number of Topliss-reactive ketones (excluding diaryl/α,β-unsaturated/α-hetero) is 1. The molecular weight excluding hydrogens is 450 g/mol. The highest BCUT2D eigenvalue weighted by Crippen LogP contribution is 2.37. The third kappa shape index (κ3) is 6.70. The maximum absolute atomic E-state index is 12.9. The Morgan fingerprint density at radius 1 is 0.944 bits per heavy atom. The Bertz CT molecular complexity index is 1010. The highest BCUT2D eigenvalue weighted by Gasteiger charge is 2.34. The Labute approximate surface area is 215 Å². The van der Waals surface area contributed by atoms with Crippen LogP contribution in [0.4, 0.5) is 0 Å². The number of carbonyl (C=O) groups excluding carboxylic acids is 3. The van der Waals surface area contributed by atoms with Crippen LogP contribution in [0, 0.1) is 23.7 Å². The van der Waals surface area contributed by atoms with Crippen LogP contribution in [0.2, 0.25) is 0 Å². The number of benzene rings is 2. The van der Waals surface area contributed by atoms with Crippen LogP contribution in [-0.2, 0) is 9.59 Å². The van der Waals surface area contributed by atoms with E-state index in [9.17, 15) is 14.4 Å². The van der Waals surface area contributed by atoms with Gasteiger partial charge in [-0.05, 0) is 54.7 Å². The molecule has 1 heterocycles. The van der Waals surface area contributed by atoms with Crippen molar-refractivity contribution >= 4 is 18.0 Å². The lowest BCUT2D eigenvalue weighted by atomic mass is 9.82. The molecule has 2 aromatic carbocycles. The van der Waals surface area contributed by atoms with Crippen molar-refractivity contribution < 1.29 is 19.1 Å². The van der Waals surface area contributed by atoms with Crippen molar-refractivity contribution in [3.8, 4) is 5.75 Å². The summed E-state index contributed by atoms with van der Waals surface area (Å²) in [5.41, 5.74) is 1.78. The molecule has 0 aromatic heterocycles. The third-order valence-corrected chi connectivity index (χ3v) is 8.29. The SMILES string of the molecule is CC(=O)Oc1ccc(C(C=O)N2CC(CCC3CCCC(C(C)C(=O)c4ccccc4)CC3)C2)cc1. The second-order valence-corrected chi connectivity index (χ2v) is 10.8. The molecule has 0 amide bonds. The fraction of sp³-hybridized carbons (Fsp3) is 0.516. The molecular formula is C31H39NO4. The quantitative estimate of drug-likeness (QED) is 0.129. The number of ketones is 1. The molecule has 0 spiro atoms. The Morgan fingerprint density at radius 2 is 1.64 bits per heavy atom. The van der Waals surface area contributed by atoms with Crippen LogP contribution in [0.5, 0.6) is 5.75 Å². The summed E-state index contributed by atoms with van der Waals surface area (Å²) in [5.74, 6) is 2.42. The number of esters is 1. The molecule has 192 valence electrons. The van der Waals surface area contributed by atoms with Crippen molar-refractivity contribution in [2.24, 2.45) is 23.7 Å². The second kappa shape index (κ2) is 12.4. The summed E-state index contributed by atoms with van der Waals surface area (Å²) in [5, 5.41) is 0. The average molecular weight is 490 g/mol. The van der Waals surface area contributed by atoms with E-state index in [4.69, 9.17) is 4.74 Å². The van der Waals surface area contributed by atoms with Gasteiger partial charge in [-0.2, -0.15) is 0 Å². The molecule has 0 bridgehead atoms. The average Bonchev–Trinajstić information content (AvgIpc) is 3.11. The van der Waals surface area contributed by atoms with Gasteiger partial charge < -0.3 is 9.53 Å². The number of hydrogen-bond donors (Lipinski definition) is 0. The van der Waals surface area contributed by atoms with Crippen LogP contribution in [0.25, 0.3) is 0 Å². The molecule has 2 aliphatic rings. The van der Waals surface area contributed by atoms with E-state index in [0.717, 1.165) is 49.3 Å². The fourth-order valence-corrected chi connectivity index (χ4v) is 6.04. The topological polar surface area (TPSA) is 63.7 Å². The number of likely N-dealkylation sites (tertiary alicyclic amines) is 1. The number of hydrogen-bond acceptors (Lipinski definition) is 5. The van der Waals surface area contributed by atoms with E-state index in [2.05, 4.69) is 11.8 Å². The molecule has 4 unspecified atom stereocenters. The maximum atomic E-state index is 12.9. The molecule has 36 heavy (non-hydrogen) atoms. The summed E-state index contributed by atoms with van der Waals surface area (Å²) in [6.07, 6.45) is 9.48. The minimum Gasteiger partial charge on any atom is -0.427 e. The van der Waals surface area contributed by atoms with Crippen molar-refractivity contribution in [2.45, 2.75) is 64.8 Å². The zero-order valence-corrected chi connectivity index (χ0v) is 21.6. The van der Waals surface area contributed by atoms with Gasteiger partial charge in [-0.25, -0.2) is 0 Å². The van der Waals surface area contributed by atoms with E-state index in [1.54, 1.807) is 12.1 Å². The molecule has 2 fully saturated rings. The molecule has 5 nitrogen and oxygen atoms in total. The molecule has 1 saturated heterocycles. The number of aldehydes is 1. The van der Waals surface area contributed by atoms with Crippen molar-refractivity contribution in [2.75, 3.05) is 13.1 Å². The lowest BCUT2D eigenvalue weighted by Gasteiger charge is -2.43. The zero-order chi connectivity index (χ0) is 25.5. The van der Waals surface area contributed by atoms with Gasteiger partial charge in [0.05, 0.1) is 6.04 Å². The highest BCUT2D eigenvalue weighted by molar-refractivity contribution is 5.97. The molecule has 1 saturated carbocycles. The van der Waals surface area contributed by atoms with Gasteiger partial charge in [0.1, 0.15) is 12.0 Å². The predicted molar refractivity (Wildman–Crippen MR) is 141 cm³/mol. The van der Waals surface area contributed by atoms with Crippen molar-refractivity contribution in [3.05, 3.63) is 65.7 Å². The summed E-state index contributed by atoms with van der Waals surface area (Å²) < 4.78 is 5.09. The monoisotopic (exact) mass is 489 g/mol. The molecule has 2 aromatic rings. The summed E-state index contributed by atoms with van der Waals surface area (Å²) in [4.78, 5) is 38.1. The Balaban J connectivity index is 1.20. The van der Waals surface area contributed by atoms with Gasteiger partial charge in [0.25, 0.3) is 0 Å². The van der Waals surface area contributed by atoms with Gasteiger partial charge in [0.2, 0.25) is 0 Å². The van der Waals surface area contributed by atoms with Gasteiger partial charge in [0, 0.05) is 31.5 Å². The standard InChI is InChI=1S/C31H39NO4/c1-22(31(35)28-8-4-3-5-9-28)26-10-6-7-24(13-14-26)11-12-25-19-32(20-25)30(21-33)27-15-17-29(18-16-27)36-23(2)34/h3-5,8-9,15-18,21-22,24-26,30H,6-7,10-14,19-20H2,1-2H3. The molecule has 4 atom stereocenters. The zero-order valence-electron chi connectivity index (χ0n) is 21.6. The van der Waals surface area contributed by atoms with E-state index in [-0.39, 0.29) is 17.9 Å². The normalized spacial score (nSPS) is 22.6. The van der Waals surface area contributed by atoms with Crippen LogP contribution in [-0.4, -0.2) is 36.0 Å². The molecule has 0 radical (unpaired) electrons. The summed E-state index contributed by atoms with van der Waals surface area (Å²) in [6.45, 7) is 5.40. The minimum atomic E-state index is -0.348. The van der Waals surface area contributed by atoms with Gasteiger partial charge >= 0.3 is 5.97 Å². The predicted octanol–water partition coefficient (Wildman–Crippen LogP) is 6.28. The van der Waals surface area contributed by atoms with E-state index in [1.165, 1.54) is 39.0 Å². The Hall–Kier alpha value is -2.79. The maximum Gasteiger partial charge on any atom is 0.308 e. The molecule has 0 N–H and O–H groups in total. The highest BCUT2D eigenvalue weighted by atomic mass is 16.5. The van der Waals surface area contributed by atoms with Crippen LogP contribution >= 0.6 is 0 Å². The number of nitrogens with zero attached hydrogens (tertiary/aromatic N) is 1. The van der Waals surface area contributed by atoms with Gasteiger partial charge in [-0.1, -0.05) is 75.1 Å². The number of carbonyl (C=O) groups is 3. The fourth-order valence-electron chi connectivity index (χ4n) is 6.04. The molecule has 5 heteroatoms. The Morgan fingerprint density at radius 3 is 2.31 bits per heavy atom. The first-order chi connectivity index (χ1) is 17.4. The summed E-state index contributed by atoms with van der Waals surface area (Å²) in [6, 6.07) is 16.7. The first kappa shape index (κ1) is 26.3. The lowest BCUT2D eigenvalue weighted by molar-refractivity contribution is -0.131. The number of ether oxygens (including phenoxy) is 1. The van der Waals surface area contributed by atoms with Crippen molar-refractivity contribution in [1.82, 2.24) is 4.90 Å². The third-order valence-electron chi connectivity index (χ3n) is 8.29. The minimum absolute atomic E-state index is 0.0923. The van der Waals surface area contributed by atoms with E-state index >= 15 is 0 Å². The van der Waals surface area contributed by atoms with E-state index in [1.807, 2.05) is 42.5 Å². The molecule has 1 aliphatic heterocycles. The van der Waals surface area contributed by atoms with Crippen molar-refractivity contribution in [1.29, 1.82) is 0 Å². The first-order valence-electron chi connectivity index (χ1n) is 13.5. The van der Waals surface area contributed by atoms with Gasteiger partial charge in [0.15, 0.2) is 5.78 Å². The largest absolute Gasteiger partial charge is 0.427 e. The first-order valence-corrected chi connectivity index (χ1v) is 13.5. The lowest BCUT2D eigenvalue weighted by Crippen LogP contribution is -2.49. The van der Waals surface area contributed by atoms with Crippen LogP contribution in [0.15, 0.2) is 54.6 Å². The molecule has 1 aliphatic carbocycles. The van der Waals surface area contributed by atoms with Crippen molar-refractivity contribution in [3.63, 3.8) is 0 Å². The van der Waals surface area contributed by atoms with Gasteiger partial charge in [-0.15, -0.1) is 0 Å². The van der Waals surface area contributed by atoms with E-state index < -0.39 is 0 Å². The Kier molecular flexibility index (Phi) is 9.08. The van der Waals surface area contributed by atoms with Crippen LogP contribution in [0.3, 0.4) is 0 Å².